The molecule has 0 saturated carbocycles. The second-order valence-corrected chi connectivity index (χ2v) is 3.68. The minimum Gasteiger partial charge on any atom is -0.454 e. The molecular weight excluding hydrogens is 243 g/mol. The van der Waals surface area contributed by atoms with Crippen molar-refractivity contribution in [3.05, 3.63) is 59.4 Å². The third-order valence-corrected chi connectivity index (χ3v) is 2.29. The summed E-state index contributed by atoms with van der Waals surface area (Å²) in [6, 6.07) is 6.74. The summed E-state index contributed by atoms with van der Waals surface area (Å²) >= 11 is 0. The Bertz CT molecular complexity index is 572. The van der Waals surface area contributed by atoms with Crippen LogP contribution in [-0.4, -0.2) is 0 Å². The van der Waals surface area contributed by atoms with Crippen LogP contribution in [0.3, 0.4) is 0 Å². The van der Waals surface area contributed by atoms with Gasteiger partial charge in [0.15, 0.2) is 11.6 Å². The highest BCUT2D eigenvalue weighted by atomic mass is 19.1. The smallest absolute Gasteiger partial charge is 0.168 e. The molecule has 2 N–H and O–H groups in total. The molecule has 0 radical (unpaired) electrons. The van der Waals surface area contributed by atoms with Gasteiger partial charge in [0.2, 0.25) is 0 Å². The number of halogens is 3. The van der Waals surface area contributed by atoms with Gasteiger partial charge in [-0.15, -0.1) is 0 Å². The van der Waals surface area contributed by atoms with Gasteiger partial charge >= 0.3 is 0 Å². The zero-order chi connectivity index (χ0) is 13.1. The van der Waals surface area contributed by atoms with Gasteiger partial charge in [-0.2, -0.15) is 0 Å². The van der Waals surface area contributed by atoms with E-state index in [4.69, 9.17) is 10.5 Å². The van der Waals surface area contributed by atoms with Crippen molar-refractivity contribution in [3.8, 4) is 11.5 Å². The van der Waals surface area contributed by atoms with Crippen LogP contribution in [0.25, 0.3) is 0 Å². The van der Waals surface area contributed by atoms with Gasteiger partial charge in [0, 0.05) is 18.7 Å². The van der Waals surface area contributed by atoms with Gasteiger partial charge in [-0.1, -0.05) is 0 Å². The standard InChI is InChI=1S/C13H10F3NO/c14-9-1-2-13(12(16)6-9)18-11-4-8(7-17)3-10(15)5-11/h1-6H,7,17H2. The van der Waals surface area contributed by atoms with Crippen LogP contribution in [0, 0.1) is 17.5 Å². The molecule has 0 saturated heterocycles. The lowest BCUT2D eigenvalue weighted by Crippen LogP contribution is -1.98. The Hall–Kier alpha value is -2.01. The summed E-state index contributed by atoms with van der Waals surface area (Å²) in [5, 5.41) is 0. The molecule has 0 aliphatic heterocycles. The molecular formula is C13H10F3NO. The largest absolute Gasteiger partial charge is 0.454 e. The summed E-state index contributed by atoms with van der Waals surface area (Å²) in [4.78, 5) is 0. The Kier molecular flexibility index (Phi) is 3.53. The van der Waals surface area contributed by atoms with E-state index in [1.54, 1.807) is 0 Å². The molecule has 0 aromatic heterocycles. The first-order valence-electron chi connectivity index (χ1n) is 5.21. The van der Waals surface area contributed by atoms with Crippen LogP contribution in [0.5, 0.6) is 11.5 Å². The number of benzene rings is 2. The van der Waals surface area contributed by atoms with E-state index >= 15 is 0 Å². The predicted molar refractivity (Wildman–Crippen MR) is 60.7 cm³/mol. The van der Waals surface area contributed by atoms with Crippen molar-refractivity contribution in [1.82, 2.24) is 0 Å². The highest BCUT2D eigenvalue weighted by molar-refractivity contribution is 5.35. The van der Waals surface area contributed by atoms with E-state index in [0.29, 0.717) is 11.6 Å². The number of hydrogen-bond donors (Lipinski definition) is 1. The fourth-order valence-electron chi connectivity index (χ4n) is 1.48. The first-order valence-corrected chi connectivity index (χ1v) is 5.21. The van der Waals surface area contributed by atoms with Gasteiger partial charge in [-0.3, -0.25) is 0 Å². The molecule has 0 unspecified atom stereocenters. The molecule has 0 aliphatic carbocycles. The van der Waals surface area contributed by atoms with E-state index < -0.39 is 17.5 Å². The van der Waals surface area contributed by atoms with E-state index in [1.165, 1.54) is 12.1 Å². The SMILES string of the molecule is NCc1cc(F)cc(Oc2ccc(F)cc2F)c1. The highest BCUT2D eigenvalue weighted by Crippen LogP contribution is 2.26. The van der Waals surface area contributed by atoms with Crippen molar-refractivity contribution in [2.75, 3.05) is 0 Å². The van der Waals surface area contributed by atoms with Gasteiger partial charge in [-0.05, 0) is 29.8 Å². The minimum absolute atomic E-state index is 0.112. The van der Waals surface area contributed by atoms with Crippen molar-refractivity contribution in [2.45, 2.75) is 6.54 Å². The topological polar surface area (TPSA) is 35.2 Å². The van der Waals surface area contributed by atoms with Gasteiger partial charge in [0.25, 0.3) is 0 Å². The summed E-state index contributed by atoms with van der Waals surface area (Å²) in [5.74, 6) is -2.16. The molecule has 94 valence electrons. The summed E-state index contributed by atoms with van der Waals surface area (Å²) in [6.07, 6.45) is 0. The normalized spacial score (nSPS) is 10.4. The number of rotatable bonds is 3. The average Bonchev–Trinajstić information content (AvgIpc) is 2.32. The third-order valence-electron chi connectivity index (χ3n) is 2.29. The molecule has 2 rings (SSSR count). The first kappa shape index (κ1) is 12.4. The average molecular weight is 253 g/mol. The van der Waals surface area contributed by atoms with Crippen LogP contribution in [0.15, 0.2) is 36.4 Å². The van der Waals surface area contributed by atoms with Gasteiger partial charge in [-0.25, -0.2) is 13.2 Å². The Morgan fingerprint density at radius 3 is 2.39 bits per heavy atom. The van der Waals surface area contributed by atoms with Gasteiger partial charge in [0.05, 0.1) is 0 Å². The van der Waals surface area contributed by atoms with Crippen LogP contribution >= 0.6 is 0 Å². The first-order chi connectivity index (χ1) is 8.58. The Morgan fingerprint density at radius 2 is 1.72 bits per heavy atom. The second-order valence-electron chi connectivity index (χ2n) is 3.68. The molecule has 2 aromatic rings. The molecule has 0 bridgehead atoms. The zero-order valence-corrected chi connectivity index (χ0v) is 9.29. The molecule has 2 nitrogen and oxygen atoms in total. The van der Waals surface area contributed by atoms with Crippen molar-refractivity contribution >= 4 is 0 Å². The maximum atomic E-state index is 13.3. The maximum Gasteiger partial charge on any atom is 0.168 e. The van der Waals surface area contributed by atoms with Crippen molar-refractivity contribution < 1.29 is 17.9 Å². The quantitative estimate of drug-likeness (QED) is 0.910. The van der Waals surface area contributed by atoms with Crippen LogP contribution in [0.2, 0.25) is 0 Å². The molecule has 5 heteroatoms. The van der Waals surface area contributed by atoms with E-state index in [2.05, 4.69) is 0 Å². The van der Waals surface area contributed by atoms with E-state index in [-0.39, 0.29) is 18.0 Å². The van der Waals surface area contributed by atoms with Gasteiger partial charge < -0.3 is 10.5 Å². The molecule has 0 fully saturated rings. The summed E-state index contributed by atoms with van der Waals surface area (Å²) in [7, 11) is 0. The van der Waals surface area contributed by atoms with Crippen LogP contribution in [0.1, 0.15) is 5.56 Å². The predicted octanol–water partition coefficient (Wildman–Crippen LogP) is 3.35. The number of nitrogens with two attached hydrogens (primary N) is 1. The lowest BCUT2D eigenvalue weighted by atomic mass is 10.2. The summed E-state index contributed by atoms with van der Waals surface area (Å²) in [6.45, 7) is 0.139. The van der Waals surface area contributed by atoms with E-state index in [9.17, 15) is 13.2 Å². The summed E-state index contributed by atoms with van der Waals surface area (Å²) in [5.41, 5.74) is 5.91. The lowest BCUT2D eigenvalue weighted by molar-refractivity contribution is 0.434. The number of hydrogen-bond acceptors (Lipinski definition) is 2. The second kappa shape index (κ2) is 5.10. The molecule has 2 aromatic carbocycles. The molecule has 0 aliphatic rings. The van der Waals surface area contributed by atoms with Crippen molar-refractivity contribution in [3.63, 3.8) is 0 Å². The zero-order valence-electron chi connectivity index (χ0n) is 9.29. The Morgan fingerprint density at radius 1 is 0.944 bits per heavy atom. The molecule has 18 heavy (non-hydrogen) atoms. The minimum atomic E-state index is -0.853. The number of ether oxygens (including phenoxy) is 1. The third kappa shape index (κ3) is 2.81. The Balaban J connectivity index is 2.30. The van der Waals surface area contributed by atoms with Crippen LogP contribution in [-0.2, 0) is 6.54 Å². The van der Waals surface area contributed by atoms with Crippen molar-refractivity contribution in [2.24, 2.45) is 5.73 Å². The van der Waals surface area contributed by atoms with Gasteiger partial charge in [0.1, 0.15) is 17.4 Å². The summed E-state index contributed by atoms with van der Waals surface area (Å²) < 4.78 is 44.4. The monoisotopic (exact) mass is 253 g/mol. The molecule has 0 atom stereocenters. The fourth-order valence-corrected chi connectivity index (χ4v) is 1.48. The molecule has 0 spiro atoms. The maximum absolute atomic E-state index is 13.3. The van der Waals surface area contributed by atoms with E-state index in [0.717, 1.165) is 18.2 Å². The van der Waals surface area contributed by atoms with Crippen LogP contribution in [0.4, 0.5) is 13.2 Å². The van der Waals surface area contributed by atoms with Crippen molar-refractivity contribution in [1.29, 1.82) is 0 Å². The Labute approximate surface area is 102 Å². The lowest BCUT2D eigenvalue weighted by Gasteiger charge is -2.08. The molecule has 0 amide bonds. The van der Waals surface area contributed by atoms with E-state index in [1.807, 2.05) is 0 Å². The fraction of sp³-hybridized carbons (Fsp3) is 0.0769. The highest BCUT2D eigenvalue weighted by Gasteiger charge is 2.08. The molecule has 0 heterocycles. The van der Waals surface area contributed by atoms with Crippen LogP contribution < -0.4 is 10.5 Å².